The Labute approximate surface area is 103 Å². The molecule has 2 rings (SSSR count). The summed E-state index contributed by atoms with van der Waals surface area (Å²) in [5.74, 6) is -0.00449. The van der Waals surface area contributed by atoms with Crippen LogP contribution in [0.5, 0.6) is 5.75 Å². The normalized spacial score (nSPS) is 20.0. The molecule has 2 nitrogen and oxygen atoms in total. The first-order chi connectivity index (χ1) is 7.79. The van der Waals surface area contributed by atoms with Gasteiger partial charge in [-0.15, -0.1) is 0 Å². The first-order valence-electron chi connectivity index (χ1n) is 5.38. The van der Waals surface area contributed by atoms with Crippen molar-refractivity contribution in [3.05, 3.63) is 29.6 Å². The van der Waals surface area contributed by atoms with Gasteiger partial charge in [0.05, 0.1) is 6.10 Å². The summed E-state index contributed by atoms with van der Waals surface area (Å²) in [4.78, 5) is 0. The van der Waals surface area contributed by atoms with Gasteiger partial charge in [-0.25, -0.2) is 4.39 Å². The first-order valence-corrected chi connectivity index (χ1v) is 6.50. The minimum Gasteiger partial charge on any atom is -0.488 e. The molecule has 0 aliphatic carbocycles. The van der Waals surface area contributed by atoms with Crippen LogP contribution in [0.2, 0.25) is 0 Å². The quantitative estimate of drug-likeness (QED) is 0.792. The van der Waals surface area contributed by atoms with Crippen LogP contribution in [-0.4, -0.2) is 19.3 Å². The second-order valence-corrected chi connectivity index (χ2v) is 4.41. The van der Waals surface area contributed by atoms with Gasteiger partial charge in [0.15, 0.2) is 11.6 Å². The third-order valence-electron chi connectivity index (χ3n) is 2.60. The van der Waals surface area contributed by atoms with Crippen LogP contribution in [0, 0.1) is 5.82 Å². The fraction of sp³-hybridized carbons (Fsp3) is 0.500. The predicted molar refractivity (Wildman–Crippen MR) is 63.5 cm³/mol. The summed E-state index contributed by atoms with van der Waals surface area (Å²) in [6.45, 7) is 1.23. The van der Waals surface area contributed by atoms with Gasteiger partial charge in [0, 0.05) is 11.9 Å². The van der Waals surface area contributed by atoms with Crippen LogP contribution in [-0.2, 0) is 10.1 Å². The number of hydrogen-bond donors (Lipinski definition) is 0. The second kappa shape index (κ2) is 5.64. The monoisotopic (exact) mass is 288 g/mol. The molecule has 0 aromatic heterocycles. The van der Waals surface area contributed by atoms with Crippen molar-refractivity contribution in [1.82, 2.24) is 0 Å². The van der Waals surface area contributed by atoms with E-state index < -0.39 is 0 Å². The Bertz CT molecular complexity index is 351. The Morgan fingerprint density at radius 3 is 3.00 bits per heavy atom. The van der Waals surface area contributed by atoms with Crippen molar-refractivity contribution in [2.75, 3.05) is 13.2 Å². The molecular formula is C12H14BrFO2. The lowest BCUT2D eigenvalue weighted by molar-refractivity contribution is 0.0666. The van der Waals surface area contributed by atoms with Gasteiger partial charge in [-0.3, -0.25) is 0 Å². The molecule has 0 saturated carbocycles. The highest BCUT2D eigenvalue weighted by atomic mass is 79.9. The van der Waals surface area contributed by atoms with Crippen molar-refractivity contribution < 1.29 is 13.9 Å². The zero-order chi connectivity index (χ0) is 11.4. The standard InChI is InChI=1S/C12H14BrFO2/c13-7-9-3-4-12(11(14)6-9)16-8-10-2-1-5-15-10/h3-4,6,10H,1-2,5,7-8H2. The molecule has 1 saturated heterocycles. The van der Waals surface area contributed by atoms with Gasteiger partial charge in [0.2, 0.25) is 0 Å². The Balaban J connectivity index is 1.93. The van der Waals surface area contributed by atoms with Gasteiger partial charge in [-0.05, 0) is 30.5 Å². The Morgan fingerprint density at radius 2 is 2.38 bits per heavy atom. The topological polar surface area (TPSA) is 18.5 Å². The van der Waals surface area contributed by atoms with Gasteiger partial charge in [0.25, 0.3) is 0 Å². The number of hydrogen-bond acceptors (Lipinski definition) is 2. The average Bonchev–Trinajstić information content (AvgIpc) is 2.80. The second-order valence-electron chi connectivity index (χ2n) is 3.84. The Morgan fingerprint density at radius 1 is 1.50 bits per heavy atom. The van der Waals surface area contributed by atoms with Crippen LogP contribution in [0.25, 0.3) is 0 Å². The molecule has 0 amide bonds. The maximum Gasteiger partial charge on any atom is 0.165 e. The fourth-order valence-electron chi connectivity index (χ4n) is 1.70. The van der Waals surface area contributed by atoms with Crippen LogP contribution >= 0.6 is 15.9 Å². The van der Waals surface area contributed by atoms with Crippen molar-refractivity contribution in [1.29, 1.82) is 0 Å². The summed E-state index contributed by atoms with van der Waals surface area (Å²) < 4.78 is 24.3. The van der Waals surface area contributed by atoms with Crippen LogP contribution < -0.4 is 4.74 Å². The summed E-state index contributed by atoms with van der Waals surface area (Å²) >= 11 is 3.28. The molecule has 0 bridgehead atoms. The fourth-order valence-corrected chi connectivity index (χ4v) is 2.05. The molecule has 1 heterocycles. The summed E-state index contributed by atoms with van der Waals surface area (Å²) in [5, 5.41) is 0.649. The lowest BCUT2D eigenvalue weighted by atomic mass is 10.2. The molecule has 1 aromatic rings. The largest absolute Gasteiger partial charge is 0.488 e. The van der Waals surface area contributed by atoms with E-state index in [1.807, 2.05) is 6.07 Å². The zero-order valence-corrected chi connectivity index (χ0v) is 10.5. The summed E-state index contributed by atoms with van der Waals surface area (Å²) in [6.07, 6.45) is 2.19. The minimum atomic E-state index is -0.310. The van der Waals surface area contributed by atoms with E-state index in [1.165, 1.54) is 6.07 Å². The van der Waals surface area contributed by atoms with Crippen molar-refractivity contribution >= 4 is 15.9 Å². The van der Waals surface area contributed by atoms with Gasteiger partial charge in [0.1, 0.15) is 6.61 Å². The highest BCUT2D eigenvalue weighted by Gasteiger charge is 2.16. The van der Waals surface area contributed by atoms with Crippen LogP contribution in [0.3, 0.4) is 0 Å². The molecule has 16 heavy (non-hydrogen) atoms. The summed E-state index contributed by atoms with van der Waals surface area (Å²) in [6, 6.07) is 5.00. The van der Waals surface area contributed by atoms with Crippen molar-refractivity contribution in [2.45, 2.75) is 24.3 Å². The number of rotatable bonds is 4. The van der Waals surface area contributed by atoms with E-state index >= 15 is 0 Å². The zero-order valence-electron chi connectivity index (χ0n) is 8.92. The molecule has 1 unspecified atom stereocenters. The maximum atomic E-state index is 13.5. The highest BCUT2D eigenvalue weighted by molar-refractivity contribution is 9.08. The van der Waals surface area contributed by atoms with Crippen LogP contribution in [0.1, 0.15) is 18.4 Å². The Kier molecular flexibility index (Phi) is 4.18. The van der Waals surface area contributed by atoms with E-state index in [0.29, 0.717) is 17.7 Å². The molecule has 1 aliphatic rings. The SMILES string of the molecule is Fc1cc(CBr)ccc1OCC1CCCO1. The number of halogens is 2. The average molecular weight is 289 g/mol. The molecule has 1 aliphatic heterocycles. The van der Waals surface area contributed by atoms with Crippen molar-refractivity contribution in [2.24, 2.45) is 0 Å². The number of alkyl halides is 1. The van der Waals surface area contributed by atoms with E-state index in [-0.39, 0.29) is 11.9 Å². The minimum absolute atomic E-state index is 0.121. The summed E-state index contributed by atoms with van der Waals surface area (Å²) in [7, 11) is 0. The van der Waals surface area contributed by atoms with E-state index in [4.69, 9.17) is 9.47 Å². The molecule has 4 heteroatoms. The molecule has 1 fully saturated rings. The number of benzene rings is 1. The van der Waals surface area contributed by atoms with E-state index in [1.54, 1.807) is 6.07 Å². The van der Waals surface area contributed by atoms with Gasteiger partial charge in [-0.2, -0.15) is 0 Å². The van der Waals surface area contributed by atoms with Crippen molar-refractivity contribution in [3.63, 3.8) is 0 Å². The van der Waals surface area contributed by atoms with Gasteiger partial charge < -0.3 is 9.47 Å². The lowest BCUT2D eigenvalue weighted by Gasteiger charge is -2.12. The van der Waals surface area contributed by atoms with Gasteiger partial charge in [-0.1, -0.05) is 22.0 Å². The predicted octanol–water partition coefficient (Wildman–Crippen LogP) is 3.28. The molecular weight excluding hydrogens is 275 g/mol. The van der Waals surface area contributed by atoms with Crippen molar-refractivity contribution in [3.8, 4) is 5.75 Å². The third kappa shape index (κ3) is 2.95. The Hall–Kier alpha value is -0.610. The first kappa shape index (κ1) is 11.9. The molecule has 0 spiro atoms. The lowest BCUT2D eigenvalue weighted by Crippen LogP contribution is -2.16. The van der Waals surface area contributed by atoms with Crippen LogP contribution in [0.15, 0.2) is 18.2 Å². The van der Waals surface area contributed by atoms with E-state index in [9.17, 15) is 4.39 Å². The van der Waals surface area contributed by atoms with Gasteiger partial charge >= 0.3 is 0 Å². The maximum absolute atomic E-state index is 13.5. The smallest absolute Gasteiger partial charge is 0.165 e. The molecule has 0 radical (unpaired) electrons. The highest BCUT2D eigenvalue weighted by Crippen LogP contribution is 2.21. The number of ether oxygens (including phenoxy) is 2. The molecule has 88 valence electrons. The summed E-state index contributed by atoms with van der Waals surface area (Å²) in [5.41, 5.74) is 0.905. The van der Waals surface area contributed by atoms with Crippen LogP contribution in [0.4, 0.5) is 4.39 Å². The van der Waals surface area contributed by atoms with E-state index in [2.05, 4.69) is 15.9 Å². The molecule has 1 atom stereocenters. The molecule has 0 N–H and O–H groups in total. The third-order valence-corrected chi connectivity index (χ3v) is 3.25. The van der Waals surface area contributed by atoms with E-state index in [0.717, 1.165) is 25.0 Å². The molecule has 1 aromatic carbocycles.